The van der Waals surface area contributed by atoms with Crippen molar-refractivity contribution in [2.24, 2.45) is 18.0 Å². The Balaban J connectivity index is 1.52. The van der Waals surface area contributed by atoms with Crippen LogP contribution < -0.4 is 10.1 Å². The number of nitrogens with one attached hydrogen (secondary N) is 1. The molecule has 2 amide bonds. The van der Waals surface area contributed by atoms with Crippen LogP contribution in [-0.2, 0) is 18.3 Å². The molecule has 2 aliphatic rings. The predicted octanol–water partition coefficient (Wildman–Crippen LogP) is 2.19. The number of urea groups is 1. The smallest absolute Gasteiger partial charge is 0.322 e. The Morgan fingerprint density at radius 2 is 2.03 bits per heavy atom. The fourth-order valence-corrected chi connectivity index (χ4v) is 3.85. The molecule has 0 unspecified atom stereocenters. The van der Waals surface area contributed by atoms with Gasteiger partial charge in [0.2, 0.25) is 0 Å². The Morgan fingerprint density at radius 3 is 2.66 bits per heavy atom. The molecule has 0 radical (unpaired) electrons. The van der Waals surface area contributed by atoms with Crippen LogP contribution in [0.5, 0.6) is 5.75 Å². The van der Waals surface area contributed by atoms with Gasteiger partial charge in [0.05, 0.1) is 24.9 Å². The second-order valence-electron chi connectivity index (χ2n) is 7.31. The summed E-state index contributed by atoms with van der Waals surface area (Å²) >= 11 is 0. The SMILES string of the molecule is COc1ccc(-c2cnn(C)c2)c2c1CC(NC(=O)N1CCC(C(=O)O)CC1)=N2. The number of nitrogens with zero attached hydrogens (tertiary/aromatic N) is 4. The van der Waals surface area contributed by atoms with Gasteiger partial charge in [-0.05, 0) is 25.0 Å². The van der Waals surface area contributed by atoms with Crippen LogP contribution in [0.3, 0.4) is 0 Å². The third kappa shape index (κ3) is 3.67. The van der Waals surface area contributed by atoms with Crippen LogP contribution >= 0.6 is 0 Å². The molecule has 0 aliphatic carbocycles. The molecule has 2 aromatic rings. The average Bonchev–Trinajstić information content (AvgIpc) is 3.33. The van der Waals surface area contributed by atoms with E-state index in [1.807, 2.05) is 25.4 Å². The fraction of sp³-hybridized carbons (Fsp3) is 0.400. The molecule has 9 nitrogen and oxygen atoms in total. The van der Waals surface area contributed by atoms with Crippen LogP contribution in [0.15, 0.2) is 29.5 Å². The monoisotopic (exact) mass is 397 g/mol. The molecule has 0 saturated carbocycles. The lowest BCUT2D eigenvalue weighted by Gasteiger charge is -2.30. The summed E-state index contributed by atoms with van der Waals surface area (Å²) in [5.41, 5.74) is 3.57. The first-order valence-electron chi connectivity index (χ1n) is 9.51. The van der Waals surface area contributed by atoms with E-state index >= 15 is 0 Å². The number of carboxylic acids is 1. The van der Waals surface area contributed by atoms with Crippen molar-refractivity contribution in [3.8, 4) is 16.9 Å². The van der Waals surface area contributed by atoms with Crippen LogP contribution in [-0.4, -0.2) is 57.8 Å². The zero-order chi connectivity index (χ0) is 20.5. The number of piperidine rings is 1. The number of aliphatic carboxylic acids is 1. The molecule has 1 saturated heterocycles. The maximum atomic E-state index is 12.6. The minimum Gasteiger partial charge on any atom is -0.496 e. The Kier molecular flexibility index (Phi) is 4.96. The number of likely N-dealkylation sites (tertiary alicyclic amines) is 1. The van der Waals surface area contributed by atoms with E-state index in [-0.39, 0.29) is 11.9 Å². The van der Waals surface area contributed by atoms with Crippen molar-refractivity contribution < 1.29 is 19.4 Å². The number of rotatable bonds is 3. The zero-order valence-corrected chi connectivity index (χ0v) is 16.4. The highest BCUT2D eigenvalue weighted by atomic mass is 16.5. The van der Waals surface area contributed by atoms with Crippen molar-refractivity contribution in [3.05, 3.63) is 30.1 Å². The fourth-order valence-electron chi connectivity index (χ4n) is 3.85. The van der Waals surface area contributed by atoms with Gasteiger partial charge in [0, 0.05) is 49.4 Å². The molecule has 29 heavy (non-hydrogen) atoms. The first-order valence-corrected chi connectivity index (χ1v) is 9.51. The van der Waals surface area contributed by atoms with Gasteiger partial charge in [-0.15, -0.1) is 0 Å². The first-order chi connectivity index (χ1) is 14.0. The minimum atomic E-state index is -0.796. The largest absolute Gasteiger partial charge is 0.496 e. The van der Waals surface area contributed by atoms with E-state index in [9.17, 15) is 9.59 Å². The number of ether oxygens (including phenoxy) is 1. The molecule has 152 valence electrons. The van der Waals surface area contributed by atoms with E-state index in [0.717, 1.165) is 28.1 Å². The number of aryl methyl sites for hydroxylation is 1. The van der Waals surface area contributed by atoms with Gasteiger partial charge < -0.3 is 14.7 Å². The number of methoxy groups -OCH3 is 1. The normalized spacial score (nSPS) is 16.3. The summed E-state index contributed by atoms with van der Waals surface area (Å²) < 4.78 is 7.21. The molecule has 4 rings (SSSR count). The second kappa shape index (κ2) is 7.57. The number of carbonyl (C=O) groups is 2. The summed E-state index contributed by atoms with van der Waals surface area (Å²) in [6, 6.07) is 3.60. The highest BCUT2D eigenvalue weighted by Crippen LogP contribution is 2.42. The van der Waals surface area contributed by atoms with Gasteiger partial charge in [-0.1, -0.05) is 0 Å². The number of fused-ring (bicyclic) bond motifs is 1. The molecule has 3 heterocycles. The molecule has 2 N–H and O–H groups in total. The quantitative estimate of drug-likeness (QED) is 0.825. The highest BCUT2D eigenvalue weighted by molar-refractivity contribution is 6.04. The van der Waals surface area contributed by atoms with Crippen LogP contribution in [0.2, 0.25) is 0 Å². The molecule has 0 atom stereocenters. The maximum Gasteiger partial charge on any atom is 0.322 e. The molecule has 1 fully saturated rings. The van der Waals surface area contributed by atoms with E-state index in [4.69, 9.17) is 9.84 Å². The van der Waals surface area contributed by atoms with Crippen molar-refractivity contribution in [1.29, 1.82) is 0 Å². The lowest BCUT2D eigenvalue weighted by molar-refractivity contribution is -0.143. The zero-order valence-electron chi connectivity index (χ0n) is 16.4. The Morgan fingerprint density at radius 1 is 1.28 bits per heavy atom. The van der Waals surface area contributed by atoms with Crippen molar-refractivity contribution in [3.63, 3.8) is 0 Å². The molecule has 0 spiro atoms. The third-order valence-corrected chi connectivity index (χ3v) is 5.45. The summed E-state index contributed by atoms with van der Waals surface area (Å²) in [5, 5.41) is 16.2. The minimum absolute atomic E-state index is 0.248. The molecule has 0 bridgehead atoms. The van der Waals surface area contributed by atoms with Gasteiger partial charge in [-0.2, -0.15) is 5.10 Å². The van der Waals surface area contributed by atoms with Gasteiger partial charge in [-0.25, -0.2) is 9.79 Å². The lowest BCUT2D eigenvalue weighted by Crippen LogP contribution is -2.47. The van der Waals surface area contributed by atoms with E-state index in [1.54, 1.807) is 22.9 Å². The Labute approximate surface area is 168 Å². The van der Waals surface area contributed by atoms with Crippen LogP contribution in [0.25, 0.3) is 11.1 Å². The number of amidine groups is 1. The number of carboxylic acid groups (broad SMARTS) is 1. The van der Waals surface area contributed by atoms with Gasteiger partial charge in [-0.3, -0.25) is 14.8 Å². The van der Waals surface area contributed by atoms with E-state index in [2.05, 4.69) is 15.4 Å². The number of hydrogen-bond acceptors (Lipinski definition) is 5. The molecule has 1 aromatic heterocycles. The summed E-state index contributed by atoms with van der Waals surface area (Å²) in [6.07, 6.45) is 5.09. The molecular weight excluding hydrogens is 374 g/mol. The lowest BCUT2D eigenvalue weighted by atomic mass is 9.97. The van der Waals surface area contributed by atoms with Crippen molar-refractivity contribution in [1.82, 2.24) is 20.0 Å². The van der Waals surface area contributed by atoms with Crippen LogP contribution in [0.4, 0.5) is 10.5 Å². The topological polar surface area (TPSA) is 109 Å². The number of amides is 2. The molecule has 9 heteroatoms. The van der Waals surface area contributed by atoms with Gasteiger partial charge in [0.1, 0.15) is 11.6 Å². The average molecular weight is 397 g/mol. The summed E-state index contributed by atoms with van der Waals surface area (Å²) in [7, 11) is 3.47. The third-order valence-electron chi connectivity index (χ3n) is 5.45. The van der Waals surface area contributed by atoms with E-state index < -0.39 is 5.97 Å². The molecule has 1 aromatic carbocycles. The number of aliphatic imine (C=N–C) groups is 1. The van der Waals surface area contributed by atoms with Crippen LogP contribution in [0, 0.1) is 5.92 Å². The number of benzene rings is 1. The number of carbonyl (C=O) groups excluding carboxylic acids is 1. The standard InChI is InChI=1S/C20H23N5O4/c1-24-11-13(10-21-24)14-3-4-16(29-2)15-9-17(22-18(14)15)23-20(28)25-7-5-12(6-8-25)19(26)27/h3-4,10-12H,5-9H2,1-2H3,(H,26,27)(H,22,23,28). The summed E-state index contributed by atoms with van der Waals surface area (Å²) in [6.45, 7) is 0.848. The Bertz CT molecular complexity index is 989. The van der Waals surface area contributed by atoms with Gasteiger partial charge in [0.15, 0.2) is 0 Å². The van der Waals surface area contributed by atoms with Crippen molar-refractivity contribution in [2.45, 2.75) is 19.3 Å². The summed E-state index contributed by atoms with van der Waals surface area (Å²) in [5.74, 6) is 0.108. The maximum absolute atomic E-state index is 12.6. The Hall–Kier alpha value is -3.36. The van der Waals surface area contributed by atoms with Crippen LogP contribution in [0.1, 0.15) is 18.4 Å². The van der Waals surface area contributed by atoms with Crippen molar-refractivity contribution in [2.75, 3.05) is 20.2 Å². The number of aromatic nitrogens is 2. The number of hydrogen-bond donors (Lipinski definition) is 2. The van der Waals surface area contributed by atoms with Gasteiger partial charge in [0.25, 0.3) is 0 Å². The van der Waals surface area contributed by atoms with E-state index in [1.165, 1.54) is 0 Å². The molecular formula is C20H23N5O4. The first kappa shape index (κ1) is 19.0. The van der Waals surface area contributed by atoms with Gasteiger partial charge >= 0.3 is 12.0 Å². The predicted molar refractivity (Wildman–Crippen MR) is 106 cm³/mol. The highest BCUT2D eigenvalue weighted by Gasteiger charge is 2.29. The second-order valence-corrected chi connectivity index (χ2v) is 7.31. The molecule has 2 aliphatic heterocycles. The van der Waals surface area contributed by atoms with Crippen molar-refractivity contribution >= 4 is 23.5 Å². The van der Waals surface area contributed by atoms with E-state index in [0.29, 0.717) is 38.2 Å². The summed E-state index contributed by atoms with van der Waals surface area (Å²) in [4.78, 5) is 30.0.